The van der Waals surface area contributed by atoms with Crippen LogP contribution in [-0.4, -0.2) is 51.2 Å². The monoisotopic (exact) mass is 497 g/mol. The lowest BCUT2D eigenvalue weighted by Gasteiger charge is -2.17. The van der Waals surface area contributed by atoms with Crippen molar-refractivity contribution in [3.05, 3.63) is 65.5 Å². The van der Waals surface area contributed by atoms with Crippen molar-refractivity contribution in [2.45, 2.75) is 44.4 Å². The molecule has 3 N–H and O–H groups in total. The van der Waals surface area contributed by atoms with E-state index in [4.69, 9.17) is 4.74 Å². The van der Waals surface area contributed by atoms with Crippen LogP contribution in [0, 0.1) is 0 Å². The zero-order valence-corrected chi connectivity index (χ0v) is 21.1. The number of aliphatic hydroxyl groups is 1. The predicted octanol–water partition coefficient (Wildman–Crippen LogP) is 3.62. The van der Waals surface area contributed by atoms with Gasteiger partial charge >= 0.3 is 0 Å². The molecule has 0 fully saturated rings. The number of benzene rings is 2. The lowest BCUT2D eigenvalue weighted by atomic mass is 10.0. The third-order valence-electron chi connectivity index (χ3n) is 5.40. The van der Waals surface area contributed by atoms with Crippen molar-refractivity contribution >= 4 is 29.3 Å². The number of hydrogen-bond acceptors (Lipinski definition) is 7. The number of ether oxygens (including phenoxy) is 1. The number of aromatic nitrogens is 3. The van der Waals surface area contributed by atoms with Crippen LogP contribution in [0.4, 0.5) is 5.69 Å². The van der Waals surface area contributed by atoms with Gasteiger partial charge in [0.1, 0.15) is 11.8 Å². The van der Waals surface area contributed by atoms with E-state index in [1.165, 1.54) is 11.8 Å². The van der Waals surface area contributed by atoms with Crippen molar-refractivity contribution in [1.29, 1.82) is 0 Å². The Morgan fingerprint density at radius 2 is 1.83 bits per heavy atom. The van der Waals surface area contributed by atoms with Gasteiger partial charge in [0.25, 0.3) is 5.91 Å². The van der Waals surface area contributed by atoms with Crippen LogP contribution in [0.15, 0.2) is 53.7 Å². The van der Waals surface area contributed by atoms with Gasteiger partial charge in [-0.1, -0.05) is 43.8 Å². The van der Waals surface area contributed by atoms with Crippen LogP contribution in [0.1, 0.15) is 54.5 Å². The fraction of sp³-hybridized carbons (Fsp3) is 0.360. The molecule has 10 heteroatoms. The van der Waals surface area contributed by atoms with Crippen LogP contribution in [0.5, 0.6) is 5.75 Å². The highest BCUT2D eigenvalue weighted by Crippen LogP contribution is 2.25. The highest BCUT2D eigenvalue weighted by molar-refractivity contribution is 7.99. The van der Waals surface area contributed by atoms with Gasteiger partial charge in [-0.05, 0) is 48.7 Å². The van der Waals surface area contributed by atoms with E-state index in [1.807, 2.05) is 31.2 Å². The van der Waals surface area contributed by atoms with Gasteiger partial charge in [-0.3, -0.25) is 9.59 Å². The Kier molecular flexibility index (Phi) is 9.27. The number of aliphatic hydroxyl groups excluding tert-OH is 1. The normalized spacial score (nSPS) is 11.8. The fourth-order valence-electron chi connectivity index (χ4n) is 3.57. The number of thioether (sulfide) groups is 1. The Labute approximate surface area is 209 Å². The number of carbonyl (C=O) groups is 2. The maximum Gasteiger partial charge on any atom is 0.251 e. The maximum absolute atomic E-state index is 12.7. The molecule has 0 aliphatic rings. The summed E-state index contributed by atoms with van der Waals surface area (Å²) in [7, 11) is 1.55. The van der Waals surface area contributed by atoms with E-state index in [1.54, 1.807) is 35.9 Å². The molecule has 1 heterocycles. The van der Waals surface area contributed by atoms with Crippen molar-refractivity contribution in [2.75, 3.05) is 24.8 Å². The van der Waals surface area contributed by atoms with E-state index in [-0.39, 0.29) is 30.1 Å². The molecule has 9 nitrogen and oxygen atoms in total. The zero-order valence-electron chi connectivity index (χ0n) is 20.3. The quantitative estimate of drug-likeness (QED) is 0.346. The standard InChI is InChI=1S/C25H31N5O4S/c1-5-30-23(21(14-31)27-24(33)17-10-12-18(34-4)13-11-17)28-29-25(30)35-15-22(32)26-20-9-7-6-8-19(20)16(2)3/h6-13,16,21,31H,5,14-15H2,1-4H3,(H,26,32)(H,27,33)/t21-/m1/s1. The first-order chi connectivity index (χ1) is 16.9. The molecular formula is C25H31N5O4S. The smallest absolute Gasteiger partial charge is 0.251 e. The number of nitrogens with one attached hydrogen (secondary N) is 2. The zero-order chi connectivity index (χ0) is 25.4. The van der Waals surface area contributed by atoms with Gasteiger partial charge in [0, 0.05) is 17.8 Å². The molecule has 0 spiro atoms. The average molecular weight is 498 g/mol. The van der Waals surface area contributed by atoms with E-state index in [0.29, 0.717) is 28.8 Å². The number of carbonyl (C=O) groups excluding carboxylic acids is 2. The molecule has 3 aromatic rings. The second-order valence-electron chi connectivity index (χ2n) is 8.10. The highest BCUT2D eigenvalue weighted by Gasteiger charge is 2.23. The fourth-order valence-corrected chi connectivity index (χ4v) is 4.38. The lowest BCUT2D eigenvalue weighted by Crippen LogP contribution is -2.32. The first-order valence-electron chi connectivity index (χ1n) is 11.4. The highest BCUT2D eigenvalue weighted by atomic mass is 32.2. The summed E-state index contributed by atoms with van der Waals surface area (Å²) in [5.41, 5.74) is 2.30. The minimum atomic E-state index is -0.752. The number of methoxy groups -OCH3 is 1. The van der Waals surface area contributed by atoms with Crippen LogP contribution in [0.2, 0.25) is 0 Å². The van der Waals surface area contributed by atoms with Crippen LogP contribution in [-0.2, 0) is 11.3 Å². The summed E-state index contributed by atoms with van der Waals surface area (Å²) < 4.78 is 6.91. The van der Waals surface area contributed by atoms with Crippen LogP contribution in [0.3, 0.4) is 0 Å². The molecule has 35 heavy (non-hydrogen) atoms. The van der Waals surface area contributed by atoms with Gasteiger partial charge in [0.15, 0.2) is 11.0 Å². The lowest BCUT2D eigenvalue weighted by molar-refractivity contribution is -0.113. The van der Waals surface area contributed by atoms with Crippen LogP contribution in [0.25, 0.3) is 0 Å². The summed E-state index contributed by atoms with van der Waals surface area (Å²) in [5, 5.41) is 24.7. The molecule has 2 amide bonds. The van der Waals surface area contributed by atoms with Gasteiger partial charge < -0.3 is 25.0 Å². The molecule has 0 saturated heterocycles. The molecule has 0 radical (unpaired) electrons. The second kappa shape index (κ2) is 12.4. The maximum atomic E-state index is 12.7. The first kappa shape index (κ1) is 26.2. The number of anilines is 1. The van der Waals surface area contributed by atoms with Crippen LogP contribution < -0.4 is 15.4 Å². The summed E-state index contributed by atoms with van der Waals surface area (Å²) in [5.74, 6) is 0.992. The molecule has 0 aliphatic carbocycles. The molecule has 2 aromatic carbocycles. The Bertz CT molecular complexity index is 1150. The average Bonchev–Trinajstić information content (AvgIpc) is 3.28. The van der Waals surface area contributed by atoms with Gasteiger partial charge in [-0.25, -0.2) is 0 Å². The summed E-state index contributed by atoms with van der Waals surface area (Å²) >= 11 is 1.25. The number of hydrogen-bond donors (Lipinski definition) is 3. The van der Waals surface area contributed by atoms with E-state index < -0.39 is 6.04 Å². The topological polar surface area (TPSA) is 118 Å². The van der Waals surface area contributed by atoms with E-state index in [0.717, 1.165) is 11.3 Å². The summed E-state index contributed by atoms with van der Waals surface area (Å²) in [6, 6.07) is 13.7. The predicted molar refractivity (Wildman–Crippen MR) is 136 cm³/mol. The van der Waals surface area contributed by atoms with Crippen LogP contribution >= 0.6 is 11.8 Å². The SMILES string of the molecule is CCn1c(SCC(=O)Nc2ccccc2C(C)C)nnc1[C@@H](CO)NC(=O)c1ccc(OC)cc1. The molecule has 0 bridgehead atoms. The van der Waals surface area contributed by atoms with E-state index >= 15 is 0 Å². The molecule has 1 atom stereocenters. The number of rotatable bonds is 11. The molecule has 186 valence electrons. The van der Waals surface area contributed by atoms with Gasteiger partial charge in [0.05, 0.1) is 19.5 Å². The molecule has 0 saturated carbocycles. The summed E-state index contributed by atoms with van der Waals surface area (Å²) in [6.45, 7) is 6.23. The molecular weight excluding hydrogens is 466 g/mol. The van der Waals surface area contributed by atoms with Crippen molar-refractivity contribution in [3.8, 4) is 5.75 Å². The van der Waals surface area contributed by atoms with E-state index in [2.05, 4.69) is 34.7 Å². The first-order valence-corrected chi connectivity index (χ1v) is 12.4. The largest absolute Gasteiger partial charge is 0.497 e. The van der Waals surface area contributed by atoms with Crippen molar-refractivity contribution < 1.29 is 19.4 Å². The number of amides is 2. The minimum absolute atomic E-state index is 0.145. The Morgan fingerprint density at radius 3 is 2.46 bits per heavy atom. The second-order valence-corrected chi connectivity index (χ2v) is 9.04. The molecule has 1 aromatic heterocycles. The Hall–Kier alpha value is -3.37. The molecule has 0 aliphatic heterocycles. The van der Waals surface area contributed by atoms with E-state index in [9.17, 15) is 14.7 Å². The molecule has 3 rings (SSSR count). The number of nitrogens with zero attached hydrogens (tertiary/aromatic N) is 3. The summed E-state index contributed by atoms with van der Waals surface area (Å²) in [6.07, 6.45) is 0. The Morgan fingerprint density at radius 1 is 1.11 bits per heavy atom. The van der Waals surface area contributed by atoms with Gasteiger partial charge in [-0.15, -0.1) is 10.2 Å². The third kappa shape index (κ3) is 6.61. The van der Waals surface area contributed by atoms with Crippen molar-refractivity contribution in [3.63, 3.8) is 0 Å². The van der Waals surface area contributed by atoms with Gasteiger partial charge in [-0.2, -0.15) is 0 Å². The van der Waals surface area contributed by atoms with Crippen molar-refractivity contribution in [1.82, 2.24) is 20.1 Å². The minimum Gasteiger partial charge on any atom is -0.497 e. The summed E-state index contributed by atoms with van der Waals surface area (Å²) in [4.78, 5) is 25.3. The molecule has 0 unspecified atom stereocenters. The van der Waals surface area contributed by atoms with Crippen molar-refractivity contribution in [2.24, 2.45) is 0 Å². The Balaban J connectivity index is 1.67. The van der Waals surface area contributed by atoms with Gasteiger partial charge in [0.2, 0.25) is 5.91 Å². The third-order valence-corrected chi connectivity index (χ3v) is 6.37. The number of para-hydroxylation sites is 1.